The number of allylic oxidation sites excluding steroid dienone is 1. The molecule has 0 bridgehead atoms. The molecule has 1 atom stereocenters. The lowest BCUT2D eigenvalue weighted by atomic mass is 10.1. The third kappa shape index (κ3) is 5.76. The molecule has 1 N–H and O–H groups in total. The van der Waals surface area contributed by atoms with E-state index in [1.54, 1.807) is 6.08 Å². The molecule has 2 rings (SSSR count). The summed E-state index contributed by atoms with van der Waals surface area (Å²) in [6.45, 7) is 0. The van der Waals surface area contributed by atoms with Crippen molar-refractivity contribution in [3.05, 3.63) is 83.9 Å². The van der Waals surface area contributed by atoms with Crippen molar-refractivity contribution in [3.63, 3.8) is 0 Å². The first-order chi connectivity index (χ1) is 10.2. The SMILES string of the molecule is O=C(C=C[C@H](O)Cc1ccccc1)CCc1ccccc1. The van der Waals surface area contributed by atoms with Gasteiger partial charge in [-0.3, -0.25) is 4.79 Å². The standard InChI is InChI=1S/C19H20O2/c20-18(12-11-16-7-3-1-4-8-16)13-14-19(21)15-17-9-5-2-6-10-17/h1-10,13-14,19,21H,11-12,15H2/t19-/m0/s1. The minimum atomic E-state index is -0.618. The number of benzene rings is 2. The van der Waals surface area contributed by atoms with Gasteiger partial charge >= 0.3 is 0 Å². The molecule has 0 spiro atoms. The van der Waals surface area contributed by atoms with Gasteiger partial charge in [-0.1, -0.05) is 66.7 Å². The molecule has 0 aliphatic heterocycles. The van der Waals surface area contributed by atoms with Gasteiger partial charge in [-0.2, -0.15) is 0 Å². The predicted octanol–water partition coefficient (Wildman–Crippen LogP) is 3.35. The maximum atomic E-state index is 11.8. The molecule has 2 heteroatoms. The van der Waals surface area contributed by atoms with Crippen LogP contribution in [0, 0.1) is 0 Å². The summed E-state index contributed by atoms with van der Waals surface area (Å²) in [4.78, 5) is 11.8. The number of carbonyl (C=O) groups is 1. The van der Waals surface area contributed by atoms with E-state index in [1.807, 2.05) is 60.7 Å². The second kappa shape index (κ2) is 8.18. The third-order valence-corrected chi connectivity index (χ3v) is 3.29. The van der Waals surface area contributed by atoms with Gasteiger partial charge in [0.25, 0.3) is 0 Å². The largest absolute Gasteiger partial charge is 0.389 e. The van der Waals surface area contributed by atoms with Crippen LogP contribution in [0.15, 0.2) is 72.8 Å². The number of aryl methyl sites for hydroxylation is 1. The monoisotopic (exact) mass is 280 g/mol. The van der Waals surface area contributed by atoms with Crippen LogP contribution in [-0.2, 0) is 17.6 Å². The zero-order chi connectivity index (χ0) is 14.9. The number of ketones is 1. The highest BCUT2D eigenvalue weighted by Gasteiger charge is 2.03. The van der Waals surface area contributed by atoms with E-state index < -0.39 is 6.10 Å². The van der Waals surface area contributed by atoms with E-state index in [4.69, 9.17) is 0 Å². The highest BCUT2D eigenvalue weighted by atomic mass is 16.3. The topological polar surface area (TPSA) is 37.3 Å². The second-order valence-electron chi connectivity index (χ2n) is 5.07. The molecular weight excluding hydrogens is 260 g/mol. The van der Waals surface area contributed by atoms with Crippen molar-refractivity contribution < 1.29 is 9.90 Å². The molecule has 2 aromatic rings. The van der Waals surface area contributed by atoms with Gasteiger partial charge in [-0.05, 0) is 23.6 Å². The number of hydrogen-bond acceptors (Lipinski definition) is 2. The van der Waals surface area contributed by atoms with Crippen LogP contribution in [0.2, 0.25) is 0 Å². The first kappa shape index (κ1) is 15.2. The van der Waals surface area contributed by atoms with Crippen LogP contribution in [0.4, 0.5) is 0 Å². The van der Waals surface area contributed by atoms with Gasteiger partial charge in [-0.25, -0.2) is 0 Å². The zero-order valence-electron chi connectivity index (χ0n) is 12.0. The summed E-state index contributed by atoms with van der Waals surface area (Å²) in [6.07, 6.45) is 4.20. The molecule has 0 heterocycles. The van der Waals surface area contributed by atoms with Gasteiger partial charge in [-0.15, -0.1) is 0 Å². The van der Waals surface area contributed by atoms with Crippen molar-refractivity contribution in [2.75, 3.05) is 0 Å². The second-order valence-corrected chi connectivity index (χ2v) is 5.07. The van der Waals surface area contributed by atoms with Crippen molar-refractivity contribution in [2.24, 2.45) is 0 Å². The molecule has 0 radical (unpaired) electrons. The van der Waals surface area contributed by atoms with Crippen LogP contribution in [-0.4, -0.2) is 17.0 Å². The molecular formula is C19H20O2. The third-order valence-electron chi connectivity index (χ3n) is 3.29. The molecule has 0 amide bonds. The normalized spacial score (nSPS) is 12.4. The highest BCUT2D eigenvalue weighted by molar-refractivity contribution is 5.89. The summed E-state index contributed by atoms with van der Waals surface area (Å²) in [5.41, 5.74) is 2.22. The van der Waals surface area contributed by atoms with E-state index in [9.17, 15) is 9.90 Å². The molecule has 2 nitrogen and oxygen atoms in total. The zero-order valence-corrected chi connectivity index (χ0v) is 12.0. The summed E-state index contributed by atoms with van der Waals surface area (Å²) in [5, 5.41) is 9.90. The average Bonchev–Trinajstić information content (AvgIpc) is 2.53. The molecule has 0 aromatic heterocycles. The summed E-state index contributed by atoms with van der Waals surface area (Å²) in [6, 6.07) is 19.7. The Morgan fingerprint density at radius 2 is 1.52 bits per heavy atom. The molecule has 21 heavy (non-hydrogen) atoms. The molecule has 0 saturated carbocycles. The minimum Gasteiger partial charge on any atom is -0.389 e. The fourth-order valence-corrected chi connectivity index (χ4v) is 2.14. The Balaban J connectivity index is 1.76. The van der Waals surface area contributed by atoms with Gasteiger partial charge < -0.3 is 5.11 Å². The van der Waals surface area contributed by atoms with Crippen LogP contribution in [0.3, 0.4) is 0 Å². The van der Waals surface area contributed by atoms with Gasteiger partial charge in [0.15, 0.2) is 5.78 Å². The summed E-state index contributed by atoms with van der Waals surface area (Å²) in [5.74, 6) is 0.0472. The summed E-state index contributed by atoms with van der Waals surface area (Å²) >= 11 is 0. The molecule has 0 aliphatic rings. The Hall–Kier alpha value is -2.19. The van der Waals surface area contributed by atoms with Gasteiger partial charge in [0, 0.05) is 12.8 Å². The predicted molar refractivity (Wildman–Crippen MR) is 85.1 cm³/mol. The number of aliphatic hydroxyl groups is 1. The first-order valence-corrected chi connectivity index (χ1v) is 7.21. The van der Waals surface area contributed by atoms with E-state index in [0.29, 0.717) is 12.8 Å². The Kier molecular flexibility index (Phi) is 5.92. The van der Waals surface area contributed by atoms with Crippen molar-refractivity contribution in [3.8, 4) is 0 Å². The van der Waals surface area contributed by atoms with Gasteiger partial charge in [0.05, 0.1) is 6.10 Å². The van der Waals surface area contributed by atoms with E-state index in [2.05, 4.69) is 0 Å². The van der Waals surface area contributed by atoms with Crippen molar-refractivity contribution in [1.29, 1.82) is 0 Å². The highest BCUT2D eigenvalue weighted by Crippen LogP contribution is 2.06. The van der Waals surface area contributed by atoms with Crippen LogP contribution in [0.5, 0.6) is 0 Å². The lowest BCUT2D eigenvalue weighted by Crippen LogP contribution is -2.07. The molecule has 0 fully saturated rings. The molecule has 2 aromatic carbocycles. The van der Waals surface area contributed by atoms with Crippen LogP contribution in [0.25, 0.3) is 0 Å². The Labute approximate surface area is 125 Å². The average molecular weight is 280 g/mol. The summed E-state index contributed by atoms with van der Waals surface area (Å²) < 4.78 is 0. The lowest BCUT2D eigenvalue weighted by Gasteiger charge is -2.05. The first-order valence-electron chi connectivity index (χ1n) is 7.21. The van der Waals surface area contributed by atoms with Crippen molar-refractivity contribution >= 4 is 5.78 Å². The molecule has 0 unspecified atom stereocenters. The molecule has 108 valence electrons. The molecule has 0 saturated heterocycles. The van der Waals surface area contributed by atoms with Crippen LogP contribution < -0.4 is 0 Å². The number of rotatable bonds is 7. The Morgan fingerprint density at radius 3 is 2.14 bits per heavy atom. The van der Waals surface area contributed by atoms with E-state index in [0.717, 1.165) is 17.5 Å². The van der Waals surface area contributed by atoms with Crippen LogP contribution in [0.1, 0.15) is 17.5 Å². The maximum absolute atomic E-state index is 11.8. The van der Waals surface area contributed by atoms with Gasteiger partial charge in [0.1, 0.15) is 0 Å². The fourth-order valence-electron chi connectivity index (χ4n) is 2.14. The van der Waals surface area contributed by atoms with Gasteiger partial charge in [0.2, 0.25) is 0 Å². The van der Waals surface area contributed by atoms with E-state index in [1.165, 1.54) is 6.08 Å². The summed E-state index contributed by atoms with van der Waals surface area (Å²) in [7, 11) is 0. The van der Waals surface area contributed by atoms with Crippen molar-refractivity contribution in [1.82, 2.24) is 0 Å². The smallest absolute Gasteiger partial charge is 0.155 e. The number of carbonyl (C=O) groups excluding carboxylic acids is 1. The van der Waals surface area contributed by atoms with E-state index >= 15 is 0 Å². The van der Waals surface area contributed by atoms with Crippen molar-refractivity contribution in [2.45, 2.75) is 25.4 Å². The van der Waals surface area contributed by atoms with E-state index in [-0.39, 0.29) is 5.78 Å². The lowest BCUT2D eigenvalue weighted by molar-refractivity contribution is -0.114. The number of aliphatic hydroxyl groups excluding tert-OH is 1. The maximum Gasteiger partial charge on any atom is 0.155 e. The Bertz CT molecular complexity index is 573. The van der Waals surface area contributed by atoms with Crippen LogP contribution >= 0.6 is 0 Å². The number of hydrogen-bond donors (Lipinski definition) is 1. The Morgan fingerprint density at radius 1 is 0.952 bits per heavy atom. The minimum absolute atomic E-state index is 0.0472. The fraction of sp³-hybridized carbons (Fsp3) is 0.211. The molecule has 0 aliphatic carbocycles. The quantitative estimate of drug-likeness (QED) is 0.790.